The molecular weight excluding hydrogens is 220 g/mol. The molecule has 2 N–H and O–H groups in total. The molecule has 2 rings (SSSR count). The van der Waals surface area contributed by atoms with Gasteiger partial charge >= 0.3 is 0 Å². The number of ether oxygens (including phenoxy) is 1. The van der Waals surface area contributed by atoms with E-state index < -0.39 is 0 Å². The molecule has 1 aromatic rings. The fraction of sp³-hybridized carbons (Fsp3) is 0.727. The maximum absolute atomic E-state index is 11.7. The zero-order chi connectivity index (χ0) is 12.1. The van der Waals surface area contributed by atoms with Gasteiger partial charge in [0.1, 0.15) is 5.82 Å². The number of H-pyrrole nitrogens is 1. The van der Waals surface area contributed by atoms with Crippen LogP contribution < -0.4 is 5.32 Å². The number of aryl methyl sites for hydroxylation is 1. The normalized spacial score (nSPS) is 19.5. The molecule has 17 heavy (non-hydrogen) atoms. The van der Waals surface area contributed by atoms with E-state index in [0.717, 1.165) is 38.3 Å². The Hall–Kier alpha value is -1.43. The molecule has 94 valence electrons. The largest absolute Gasteiger partial charge is 0.381 e. The van der Waals surface area contributed by atoms with E-state index in [2.05, 4.69) is 27.4 Å². The smallest absolute Gasteiger partial charge is 0.290 e. The Labute approximate surface area is 100 Å². The number of hydrogen-bond acceptors (Lipinski definition) is 4. The molecule has 1 saturated heterocycles. The Morgan fingerprint density at radius 3 is 3.24 bits per heavy atom. The SMILES string of the molecule is CCCc1nc(C(=O)NCC2CCOC2)n[nH]1. The van der Waals surface area contributed by atoms with Crippen LogP contribution in [-0.4, -0.2) is 40.8 Å². The van der Waals surface area contributed by atoms with Crippen molar-refractivity contribution in [1.29, 1.82) is 0 Å². The summed E-state index contributed by atoms with van der Waals surface area (Å²) in [5.41, 5.74) is 0. The van der Waals surface area contributed by atoms with Crippen LogP contribution in [0.15, 0.2) is 0 Å². The van der Waals surface area contributed by atoms with E-state index in [1.165, 1.54) is 0 Å². The first-order valence-electron chi connectivity index (χ1n) is 6.06. The highest BCUT2D eigenvalue weighted by Gasteiger charge is 2.18. The monoisotopic (exact) mass is 238 g/mol. The van der Waals surface area contributed by atoms with Gasteiger partial charge in [0.25, 0.3) is 5.91 Å². The van der Waals surface area contributed by atoms with Gasteiger partial charge in [0.2, 0.25) is 5.82 Å². The molecule has 6 nitrogen and oxygen atoms in total. The van der Waals surface area contributed by atoms with Crippen molar-refractivity contribution in [2.24, 2.45) is 5.92 Å². The summed E-state index contributed by atoms with van der Waals surface area (Å²) in [7, 11) is 0. The van der Waals surface area contributed by atoms with Gasteiger partial charge in [-0.1, -0.05) is 6.92 Å². The number of aromatic amines is 1. The highest BCUT2D eigenvalue weighted by atomic mass is 16.5. The van der Waals surface area contributed by atoms with Gasteiger partial charge in [0, 0.05) is 25.5 Å². The minimum Gasteiger partial charge on any atom is -0.381 e. The molecule has 1 unspecified atom stereocenters. The third-order valence-corrected chi connectivity index (χ3v) is 2.80. The van der Waals surface area contributed by atoms with E-state index in [0.29, 0.717) is 12.5 Å². The van der Waals surface area contributed by atoms with Gasteiger partial charge in [0.15, 0.2) is 0 Å². The molecule has 1 aliphatic rings. The number of carbonyl (C=O) groups is 1. The van der Waals surface area contributed by atoms with E-state index in [1.54, 1.807) is 0 Å². The molecule has 0 aromatic carbocycles. The van der Waals surface area contributed by atoms with Crippen LogP contribution >= 0.6 is 0 Å². The maximum Gasteiger partial charge on any atom is 0.290 e. The predicted molar refractivity (Wildman–Crippen MR) is 61.6 cm³/mol. The number of nitrogens with zero attached hydrogens (tertiary/aromatic N) is 2. The molecule has 0 saturated carbocycles. The van der Waals surface area contributed by atoms with E-state index in [4.69, 9.17) is 4.74 Å². The standard InChI is InChI=1S/C11H18N4O2/c1-2-3-9-13-10(15-14-9)11(16)12-6-8-4-5-17-7-8/h8H,2-7H2,1H3,(H,12,16)(H,13,14,15). The van der Waals surface area contributed by atoms with Crippen LogP contribution in [0.3, 0.4) is 0 Å². The Morgan fingerprint density at radius 1 is 1.65 bits per heavy atom. The third kappa shape index (κ3) is 3.26. The first-order chi connectivity index (χ1) is 8.29. The van der Waals surface area contributed by atoms with Gasteiger partial charge in [-0.15, -0.1) is 5.10 Å². The van der Waals surface area contributed by atoms with E-state index in [9.17, 15) is 4.79 Å². The summed E-state index contributed by atoms with van der Waals surface area (Å²) in [6, 6.07) is 0. The van der Waals surface area contributed by atoms with Gasteiger partial charge in [0.05, 0.1) is 6.61 Å². The fourth-order valence-electron chi connectivity index (χ4n) is 1.81. The van der Waals surface area contributed by atoms with Crippen molar-refractivity contribution < 1.29 is 9.53 Å². The van der Waals surface area contributed by atoms with Crippen molar-refractivity contribution in [1.82, 2.24) is 20.5 Å². The fourth-order valence-corrected chi connectivity index (χ4v) is 1.81. The van der Waals surface area contributed by atoms with Gasteiger partial charge < -0.3 is 10.1 Å². The number of carbonyl (C=O) groups excluding carboxylic acids is 1. The average molecular weight is 238 g/mol. The molecule has 1 fully saturated rings. The quantitative estimate of drug-likeness (QED) is 0.784. The molecule has 0 radical (unpaired) electrons. The second kappa shape index (κ2) is 5.77. The van der Waals surface area contributed by atoms with Crippen molar-refractivity contribution in [2.75, 3.05) is 19.8 Å². The molecule has 1 atom stereocenters. The van der Waals surface area contributed by atoms with E-state index in [-0.39, 0.29) is 11.7 Å². The van der Waals surface area contributed by atoms with Gasteiger partial charge in [-0.3, -0.25) is 9.89 Å². The third-order valence-electron chi connectivity index (χ3n) is 2.80. The first-order valence-corrected chi connectivity index (χ1v) is 6.06. The van der Waals surface area contributed by atoms with Crippen molar-refractivity contribution in [3.05, 3.63) is 11.6 Å². The van der Waals surface area contributed by atoms with Gasteiger partial charge in [-0.25, -0.2) is 4.98 Å². The lowest BCUT2D eigenvalue weighted by Crippen LogP contribution is -2.30. The molecule has 1 aromatic heterocycles. The summed E-state index contributed by atoms with van der Waals surface area (Å²) in [4.78, 5) is 15.9. The Bertz CT molecular complexity index is 371. The van der Waals surface area contributed by atoms with E-state index in [1.807, 2.05) is 0 Å². The molecule has 0 bridgehead atoms. The zero-order valence-corrected chi connectivity index (χ0v) is 10.0. The molecule has 1 aliphatic heterocycles. The summed E-state index contributed by atoms with van der Waals surface area (Å²) in [5.74, 6) is 1.21. The van der Waals surface area contributed by atoms with E-state index >= 15 is 0 Å². The lowest BCUT2D eigenvalue weighted by molar-refractivity contribution is 0.0935. The summed E-state index contributed by atoms with van der Waals surface area (Å²) in [6.45, 7) is 4.22. The van der Waals surface area contributed by atoms with Gasteiger partial charge in [-0.05, 0) is 12.8 Å². The lowest BCUT2D eigenvalue weighted by atomic mass is 10.1. The van der Waals surface area contributed by atoms with Crippen LogP contribution in [0.5, 0.6) is 0 Å². The molecule has 1 amide bonds. The van der Waals surface area contributed by atoms with Crippen LogP contribution in [0.2, 0.25) is 0 Å². The predicted octanol–water partition coefficient (Wildman–Crippen LogP) is 0.523. The van der Waals surface area contributed by atoms with Crippen molar-refractivity contribution in [3.63, 3.8) is 0 Å². The minimum absolute atomic E-state index is 0.212. The van der Waals surface area contributed by atoms with Crippen molar-refractivity contribution in [3.8, 4) is 0 Å². The molecular formula is C11H18N4O2. The number of nitrogens with one attached hydrogen (secondary N) is 2. The Kier molecular flexibility index (Phi) is 4.08. The highest BCUT2D eigenvalue weighted by molar-refractivity contribution is 5.90. The summed E-state index contributed by atoms with van der Waals surface area (Å²) in [6.07, 6.45) is 2.81. The number of rotatable bonds is 5. The molecule has 6 heteroatoms. The number of hydrogen-bond donors (Lipinski definition) is 2. The summed E-state index contributed by atoms with van der Waals surface area (Å²) >= 11 is 0. The molecule has 0 spiro atoms. The zero-order valence-electron chi connectivity index (χ0n) is 10.0. The second-order valence-electron chi connectivity index (χ2n) is 4.30. The van der Waals surface area contributed by atoms with Crippen LogP contribution in [0.1, 0.15) is 36.2 Å². The number of aromatic nitrogens is 3. The Balaban J connectivity index is 1.81. The van der Waals surface area contributed by atoms with Crippen LogP contribution in [0.4, 0.5) is 0 Å². The summed E-state index contributed by atoms with van der Waals surface area (Å²) in [5, 5.41) is 9.50. The van der Waals surface area contributed by atoms with Gasteiger partial charge in [-0.2, -0.15) is 0 Å². The van der Waals surface area contributed by atoms with Crippen LogP contribution in [0.25, 0.3) is 0 Å². The molecule has 0 aliphatic carbocycles. The van der Waals surface area contributed by atoms with Crippen molar-refractivity contribution >= 4 is 5.91 Å². The molecule has 2 heterocycles. The van der Waals surface area contributed by atoms with Crippen molar-refractivity contribution in [2.45, 2.75) is 26.2 Å². The number of amides is 1. The average Bonchev–Trinajstić information content (AvgIpc) is 2.97. The lowest BCUT2D eigenvalue weighted by Gasteiger charge is -2.07. The highest BCUT2D eigenvalue weighted by Crippen LogP contribution is 2.10. The van der Waals surface area contributed by atoms with Crippen LogP contribution in [0, 0.1) is 5.92 Å². The van der Waals surface area contributed by atoms with Crippen LogP contribution in [-0.2, 0) is 11.2 Å². The Morgan fingerprint density at radius 2 is 2.53 bits per heavy atom. The summed E-state index contributed by atoms with van der Waals surface area (Å²) < 4.78 is 5.24. The minimum atomic E-state index is -0.212. The first kappa shape index (κ1) is 12.0. The second-order valence-corrected chi connectivity index (χ2v) is 4.30. The topological polar surface area (TPSA) is 79.9 Å². The maximum atomic E-state index is 11.7.